The molecule has 4 rings (SSSR count). The predicted octanol–water partition coefficient (Wildman–Crippen LogP) is 2.79. The van der Waals surface area contributed by atoms with Crippen molar-refractivity contribution in [2.45, 2.75) is 12.8 Å². The van der Waals surface area contributed by atoms with E-state index in [1.807, 2.05) is 4.90 Å². The van der Waals surface area contributed by atoms with Crippen LogP contribution in [-0.2, 0) is 0 Å². The summed E-state index contributed by atoms with van der Waals surface area (Å²) in [5.74, 6) is 1.35. The molecule has 1 aromatic carbocycles. The molecule has 2 fully saturated rings. The summed E-state index contributed by atoms with van der Waals surface area (Å²) in [6.45, 7) is 3.69. The highest BCUT2D eigenvalue weighted by molar-refractivity contribution is 7.13. The number of amides is 1. The van der Waals surface area contributed by atoms with Crippen molar-refractivity contribution in [1.29, 1.82) is 0 Å². The fourth-order valence-corrected chi connectivity index (χ4v) is 4.61. The number of hydrogen-bond donors (Lipinski definition) is 1. The molecule has 1 aromatic heterocycles. The predicted molar refractivity (Wildman–Crippen MR) is 99.2 cm³/mol. The van der Waals surface area contributed by atoms with Crippen LogP contribution < -0.4 is 5.32 Å². The molecule has 0 unspecified atom stereocenters. The maximum Gasteiger partial charge on any atom is 0.273 e. The minimum Gasteiger partial charge on any atom is -0.337 e. The number of benzene rings is 1. The molecule has 2 aliphatic heterocycles. The Hall–Kier alpha value is -2.32. The van der Waals surface area contributed by atoms with Gasteiger partial charge in [0, 0.05) is 36.2 Å². The summed E-state index contributed by atoms with van der Waals surface area (Å²) < 4.78 is 0. The highest BCUT2D eigenvalue weighted by Crippen LogP contribution is 2.29. The van der Waals surface area contributed by atoms with Crippen LogP contribution in [0.1, 0.15) is 23.3 Å². The lowest BCUT2D eigenvalue weighted by Crippen LogP contribution is -2.33. The second-order valence-corrected chi connectivity index (χ2v) is 7.75. The van der Waals surface area contributed by atoms with Crippen LogP contribution in [0.3, 0.4) is 0 Å². The molecular formula is C18H20N4O3S. The maximum atomic E-state index is 12.8. The molecule has 3 heterocycles. The van der Waals surface area contributed by atoms with Gasteiger partial charge in [-0.15, -0.1) is 11.3 Å². The average molecular weight is 372 g/mol. The number of thiazole rings is 1. The van der Waals surface area contributed by atoms with E-state index in [1.165, 1.54) is 23.5 Å². The van der Waals surface area contributed by atoms with Gasteiger partial charge < -0.3 is 10.2 Å². The van der Waals surface area contributed by atoms with Gasteiger partial charge in [-0.05, 0) is 49.9 Å². The third-order valence-electron chi connectivity index (χ3n) is 5.35. The maximum absolute atomic E-state index is 12.8. The van der Waals surface area contributed by atoms with E-state index >= 15 is 0 Å². The summed E-state index contributed by atoms with van der Waals surface area (Å²) >= 11 is 1.39. The van der Waals surface area contributed by atoms with E-state index in [4.69, 9.17) is 0 Å². The Balaban J connectivity index is 1.47. The van der Waals surface area contributed by atoms with Crippen LogP contribution in [0.2, 0.25) is 0 Å². The molecular weight excluding hydrogens is 352 g/mol. The largest absolute Gasteiger partial charge is 0.337 e. The van der Waals surface area contributed by atoms with E-state index in [9.17, 15) is 14.9 Å². The van der Waals surface area contributed by atoms with Crippen LogP contribution in [0.5, 0.6) is 0 Å². The lowest BCUT2D eigenvalue weighted by Gasteiger charge is -2.19. The lowest BCUT2D eigenvalue weighted by atomic mass is 9.92. The van der Waals surface area contributed by atoms with E-state index < -0.39 is 4.92 Å². The molecule has 1 amide bonds. The molecule has 2 saturated heterocycles. The molecule has 0 radical (unpaired) electrons. The number of nitrogens with zero attached hydrogens (tertiary/aromatic N) is 3. The smallest absolute Gasteiger partial charge is 0.273 e. The number of aromatic nitrogens is 1. The summed E-state index contributed by atoms with van der Waals surface area (Å²) in [6, 6.07) is 6.26. The van der Waals surface area contributed by atoms with Crippen molar-refractivity contribution in [1.82, 2.24) is 15.2 Å². The van der Waals surface area contributed by atoms with Crippen LogP contribution in [0, 0.1) is 22.0 Å². The van der Waals surface area contributed by atoms with Crippen molar-refractivity contribution in [2.75, 3.05) is 26.2 Å². The molecule has 8 heteroatoms. The number of nitro benzene ring substituents is 1. The van der Waals surface area contributed by atoms with Gasteiger partial charge in [0.25, 0.3) is 11.6 Å². The van der Waals surface area contributed by atoms with E-state index in [0.29, 0.717) is 22.5 Å². The summed E-state index contributed by atoms with van der Waals surface area (Å²) in [5.41, 5.74) is 1.30. The number of rotatable bonds is 3. The molecule has 2 aromatic rings. The van der Waals surface area contributed by atoms with Gasteiger partial charge in [0.2, 0.25) is 0 Å². The van der Waals surface area contributed by atoms with Gasteiger partial charge in [-0.25, -0.2) is 4.98 Å². The molecule has 7 nitrogen and oxygen atoms in total. The lowest BCUT2D eigenvalue weighted by molar-refractivity contribution is -0.384. The third kappa shape index (κ3) is 3.34. The van der Waals surface area contributed by atoms with Crippen LogP contribution >= 0.6 is 11.3 Å². The zero-order valence-electron chi connectivity index (χ0n) is 14.3. The summed E-state index contributed by atoms with van der Waals surface area (Å²) in [7, 11) is 0. The molecule has 0 saturated carbocycles. The SMILES string of the molecule is O=C(c1csc(-c2ccc([N+](=O)[O-])cc2)n1)N1CC[C@@H]2CNC[C@@H]2CC1. The van der Waals surface area contributed by atoms with Gasteiger partial charge in [0.1, 0.15) is 10.7 Å². The van der Waals surface area contributed by atoms with E-state index in [1.54, 1.807) is 17.5 Å². The van der Waals surface area contributed by atoms with Gasteiger partial charge in [0.05, 0.1) is 4.92 Å². The van der Waals surface area contributed by atoms with E-state index in [-0.39, 0.29) is 11.6 Å². The number of fused-ring (bicyclic) bond motifs is 1. The van der Waals surface area contributed by atoms with Gasteiger partial charge in [-0.3, -0.25) is 14.9 Å². The van der Waals surface area contributed by atoms with Gasteiger partial charge in [-0.1, -0.05) is 0 Å². The molecule has 0 bridgehead atoms. The minimum atomic E-state index is -0.426. The average Bonchev–Trinajstić information content (AvgIpc) is 3.27. The fraction of sp³-hybridized carbons (Fsp3) is 0.444. The Morgan fingerprint density at radius 2 is 1.85 bits per heavy atom. The Kier molecular flexibility index (Phi) is 4.69. The van der Waals surface area contributed by atoms with Crippen molar-refractivity contribution in [2.24, 2.45) is 11.8 Å². The Bertz CT molecular complexity index is 806. The van der Waals surface area contributed by atoms with Gasteiger partial charge >= 0.3 is 0 Å². The van der Waals surface area contributed by atoms with Crippen molar-refractivity contribution < 1.29 is 9.72 Å². The zero-order valence-corrected chi connectivity index (χ0v) is 15.1. The van der Waals surface area contributed by atoms with Crippen LogP contribution in [0.4, 0.5) is 5.69 Å². The van der Waals surface area contributed by atoms with Crippen molar-refractivity contribution >= 4 is 22.9 Å². The first-order chi connectivity index (χ1) is 12.6. The molecule has 0 aliphatic carbocycles. The monoisotopic (exact) mass is 372 g/mol. The second kappa shape index (κ2) is 7.13. The molecule has 26 heavy (non-hydrogen) atoms. The molecule has 136 valence electrons. The van der Waals surface area contributed by atoms with Crippen molar-refractivity contribution in [3.8, 4) is 10.6 Å². The first-order valence-corrected chi connectivity index (χ1v) is 9.70. The minimum absolute atomic E-state index is 0.0117. The number of carbonyl (C=O) groups is 1. The molecule has 2 aliphatic rings. The first-order valence-electron chi connectivity index (χ1n) is 8.82. The fourth-order valence-electron chi connectivity index (χ4n) is 3.81. The van der Waals surface area contributed by atoms with Crippen LogP contribution in [-0.4, -0.2) is 46.9 Å². The first kappa shape index (κ1) is 17.1. The van der Waals surface area contributed by atoms with Crippen LogP contribution in [0.15, 0.2) is 29.6 Å². The second-order valence-electron chi connectivity index (χ2n) is 6.89. The van der Waals surface area contributed by atoms with Gasteiger partial charge in [0.15, 0.2) is 0 Å². The van der Waals surface area contributed by atoms with Crippen molar-refractivity contribution in [3.63, 3.8) is 0 Å². The number of likely N-dealkylation sites (tertiary alicyclic amines) is 1. The number of nitrogens with one attached hydrogen (secondary N) is 1. The summed E-state index contributed by atoms with van der Waals surface area (Å²) in [6.07, 6.45) is 2.09. The Morgan fingerprint density at radius 1 is 1.19 bits per heavy atom. The molecule has 1 N–H and O–H groups in total. The topological polar surface area (TPSA) is 88.4 Å². The summed E-state index contributed by atoms with van der Waals surface area (Å²) in [4.78, 5) is 29.6. The van der Waals surface area contributed by atoms with Crippen LogP contribution in [0.25, 0.3) is 10.6 Å². The van der Waals surface area contributed by atoms with E-state index in [2.05, 4.69) is 10.3 Å². The normalized spacial score (nSPS) is 22.7. The summed E-state index contributed by atoms with van der Waals surface area (Å²) in [5, 5.41) is 16.7. The van der Waals surface area contributed by atoms with Crippen molar-refractivity contribution in [3.05, 3.63) is 45.5 Å². The quantitative estimate of drug-likeness (QED) is 0.661. The zero-order chi connectivity index (χ0) is 18.1. The molecule has 0 spiro atoms. The Morgan fingerprint density at radius 3 is 2.46 bits per heavy atom. The number of nitro groups is 1. The third-order valence-corrected chi connectivity index (χ3v) is 6.25. The number of non-ortho nitro benzene ring substituents is 1. The Labute approximate surface area is 155 Å². The highest BCUT2D eigenvalue weighted by Gasteiger charge is 2.32. The standard InChI is InChI=1S/C18H20N4O3S/c23-18(21-7-5-13-9-19-10-14(13)6-8-21)16-11-26-17(20-16)12-1-3-15(4-2-12)22(24)25/h1-4,11,13-14,19H,5-10H2/t13-,14+. The highest BCUT2D eigenvalue weighted by atomic mass is 32.1. The number of carbonyl (C=O) groups excluding carboxylic acids is 1. The molecule has 2 atom stereocenters. The number of hydrogen-bond acceptors (Lipinski definition) is 6. The van der Waals surface area contributed by atoms with E-state index in [0.717, 1.165) is 44.6 Å². The van der Waals surface area contributed by atoms with Gasteiger partial charge in [-0.2, -0.15) is 0 Å².